The molecule has 0 amide bonds. The third-order valence-electron chi connectivity index (χ3n) is 4.28. The Morgan fingerprint density at radius 3 is 2.95 bits per heavy atom. The molecule has 21 heavy (non-hydrogen) atoms. The fourth-order valence-corrected chi connectivity index (χ4v) is 3.14. The van der Waals surface area contributed by atoms with Crippen LogP contribution >= 0.6 is 11.6 Å². The molecule has 0 spiro atoms. The van der Waals surface area contributed by atoms with Gasteiger partial charge < -0.3 is 10.1 Å². The lowest BCUT2D eigenvalue weighted by atomic mass is 9.98. The minimum absolute atomic E-state index is 0.407. The lowest BCUT2D eigenvalue weighted by molar-refractivity contribution is 0.101. The number of ether oxygens (including phenoxy) is 1. The molecule has 0 radical (unpaired) electrons. The highest BCUT2D eigenvalue weighted by molar-refractivity contribution is 6.31. The van der Waals surface area contributed by atoms with Gasteiger partial charge in [-0.1, -0.05) is 30.7 Å². The maximum absolute atomic E-state index is 6.28. The highest BCUT2D eigenvalue weighted by atomic mass is 35.5. The summed E-state index contributed by atoms with van der Waals surface area (Å²) in [6.45, 7) is 6.27. The maximum Gasteiger partial charge on any atom is 0.0576 e. The Balaban J connectivity index is 1.90. The molecule has 2 atom stereocenters. The van der Waals surface area contributed by atoms with Gasteiger partial charge in [0.15, 0.2) is 0 Å². The maximum atomic E-state index is 6.28. The molecule has 1 fully saturated rings. The summed E-state index contributed by atoms with van der Waals surface area (Å²) < 4.78 is 5.71. The Morgan fingerprint density at radius 1 is 1.43 bits per heavy atom. The Labute approximate surface area is 134 Å². The van der Waals surface area contributed by atoms with Crippen LogP contribution in [0.4, 0.5) is 0 Å². The molecule has 0 bridgehead atoms. The summed E-state index contributed by atoms with van der Waals surface area (Å²) in [6, 6.07) is 6.86. The first-order chi connectivity index (χ1) is 10.2. The second-order valence-corrected chi connectivity index (χ2v) is 6.49. The smallest absolute Gasteiger partial charge is 0.0576 e. The Hall–Kier alpha value is -0.570. The van der Waals surface area contributed by atoms with Gasteiger partial charge in [0.1, 0.15) is 0 Å². The predicted octanol–water partition coefficient (Wildman–Crippen LogP) is 5.04. The van der Waals surface area contributed by atoms with E-state index in [4.69, 9.17) is 16.3 Å². The van der Waals surface area contributed by atoms with Crippen LogP contribution < -0.4 is 5.32 Å². The van der Waals surface area contributed by atoms with Gasteiger partial charge in [0.05, 0.1) is 6.10 Å². The van der Waals surface area contributed by atoms with E-state index in [2.05, 4.69) is 37.4 Å². The summed E-state index contributed by atoms with van der Waals surface area (Å²) in [4.78, 5) is 0. The van der Waals surface area contributed by atoms with E-state index in [-0.39, 0.29) is 0 Å². The molecule has 118 valence electrons. The number of hydrogen-bond acceptors (Lipinski definition) is 2. The summed E-state index contributed by atoms with van der Waals surface area (Å²) in [6.07, 6.45) is 7.67. The van der Waals surface area contributed by atoms with Crippen molar-refractivity contribution in [1.82, 2.24) is 5.32 Å². The van der Waals surface area contributed by atoms with Crippen molar-refractivity contribution in [2.24, 2.45) is 0 Å². The average Bonchev–Trinajstić information content (AvgIpc) is 2.99. The molecule has 1 aromatic rings. The molecule has 2 rings (SSSR count). The summed E-state index contributed by atoms with van der Waals surface area (Å²) in [7, 11) is 0. The van der Waals surface area contributed by atoms with Crippen LogP contribution in [0.2, 0.25) is 5.02 Å². The first-order valence-electron chi connectivity index (χ1n) is 8.31. The number of aryl methyl sites for hydroxylation is 1. The fourth-order valence-electron chi connectivity index (χ4n) is 2.95. The van der Waals surface area contributed by atoms with Crippen LogP contribution in [0.15, 0.2) is 18.2 Å². The van der Waals surface area contributed by atoms with Crippen molar-refractivity contribution >= 4 is 11.6 Å². The van der Waals surface area contributed by atoms with Crippen LogP contribution in [0.5, 0.6) is 0 Å². The predicted molar refractivity (Wildman–Crippen MR) is 90.0 cm³/mol. The quantitative estimate of drug-likeness (QED) is 0.726. The van der Waals surface area contributed by atoms with E-state index in [0.29, 0.717) is 12.1 Å². The van der Waals surface area contributed by atoms with Crippen LogP contribution in [-0.4, -0.2) is 19.3 Å². The van der Waals surface area contributed by atoms with E-state index in [1.807, 2.05) is 0 Å². The van der Waals surface area contributed by atoms with E-state index in [9.17, 15) is 0 Å². The van der Waals surface area contributed by atoms with Crippen molar-refractivity contribution in [1.29, 1.82) is 0 Å². The van der Waals surface area contributed by atoms with Crippen molar-refractivity contribution in [2.45, 2.75) is 64.5 Å². The Bertz CT molecular complexity index is 429. The summed E-state index contributed by atoms with van der Waals surface area (Å²) in [5.74, 6) is 0. The van der Waals surface area contributed by atoms with E-state index in [1.54, 1.807) is 0 Å². The molecule has 0 saturated carbocycles. The van der Waals surface area contributed by atoms with Gasteiger partial charge in [-0.15, -0.1) is 0 Å². The van der Waals surface area contributed by atoms with E-state index in [1.165, 1.54) is 31.2 Å². The molecular formula is C18H28ClNO. The molecule has 1 aromatic carbocycles. The number of hydrogen-bond donors (Lipinski definition) is 1. The first-order valence-corrected chi connectivity index (χ1v) is 8.69. The summed E-state index contributed by atoms with van der Waals surface area (Å²) in [5, 5.41) is 4.53. The van der Waals surface area contributed by atoms with Gasteiger partial charge in [0.2, 0.25) is 0 Å². The zero-order chi connectivity index (χ0) is 15.1. The van der Waals surface area contributed by atoms with Gasteiger partial charge >= 0.3 is 0 Å². The van der Waals surface area contributed by atoms with Crippen LogP contribution in [0.25, 0.3) is 0 Å². The highest BCUT2D eigenvalue weighted by Gasteiger charge is 2.17. The molecule has 1 heterocycles. The van der Waals surface area contributed by atoms with Crippen LogP contribution in [-0.2, 0) is 4.74 Å². The van der Waals surface area contributed by atoms with Crippen LogP contribution in [0, 0.1) is 6.92 Å². The van der Waals surface area contributed by atoms with Crippen molar-refractivity contribution in [2.75, 3.05) is 13.2 Å². The van der Waals surface area contributed by atoms with Crippen LogP contribution in [0.1, 0.15) is 62.6 Å². The van der Waals surface area contributed by atoms with Crippen molar-refractivity contribution in [3.63, 3.8) is 0 Å². The third-order valence-corrected chi connectivity index (χ3v) is 4.69. The van der Waals surface area contributed by atoms with Crippen LogP contribution in [0.3, 0.4) is 0 Å². The SMILES string of the molecule is CCCNC(CCCC1CCCO1)c1ccc(C)c(Cl)c1. The van der Waals surface area contributed by atoms with E-state index < -0.39 is 0 Å². The van der Waals surface area contributed by atoms with E-state index in [0.717, 1.165) is 36.6 Å². The zero-order valence-electron chi connectivity index (χ0n) is 13.3. The molecule has 1 aliphatic rings. The minimum Gasteiger partial charge on any atom is -0.378 e. The number of rotatable bonds is 8. The molecule has 2 nitrogen and oxygen atoms in total. The van der Waals surface area contributed by atoms with Gasteiger partial charge in [-0.05, 0) is 69.2 Å². The summed E-state index contributed by atoms with van der Waals surface area (Å²) >= 11 is 6.28. The number of benzene rings is 1. The lowest BCUT2D eigenvalue weighted by Crippen LogP contribution is -2.22. The minimum atomic E-state index is 0.407. The first kappa shape index (κ1) is 16.8. The monoisotopic (exact) mass is 309 g/mol. The molecule has 1 saturated heterocycles. The molecule has 2 unspecified atom stereocenters. The van der Waals surface area contributed by atoms with E-state index >= 15 is 0 Å². The van der Waals surface area contributed by atoms with Gasteiger partial charge in [-0.2, -0.15) is 0 Å². The Morgan fingerprint density at radius 2 is 2.29 bits per heavy atom. The topological polar surface area (TPSA) is 21.3 Å². The number of halogens is 1. The molecule has 0 aliphatic carbocycles. The van der Waals surface area contributed by atoms with Crippen molar-refractivity contribution in [3.05, 3.63) is 34.3 Å². The van der Waals surface area contributed by atoms with Gasteiger partial charge in [-0.25, -0.2) is 0 Å². The van der Waals surface area contributed by atoms with Gasteiger partial charge in [-0.3, -0.25) is 0 Å². The van der Waals surface area contributed by atoms with Gasteiger partial charge in [0, 0.05) is 17.7 Å². The normalized spacial score (nSPS) is 19.9. The lowest BCUT2D eigenvalue weighted by Gasteiger charge is -2.20. The number of nitrogens with one attached hydrogen (secondary N) is 1. The second-order valence-electron chi connectivity index (χ2n) is 6.08. The second kappa shape index (κ2) is 8.77. The fraction of sp³-hybridized carbons (Fsp3) is 0.667. The largest absolute Gasteiger partial charge is 0.378 e. The average molecular weight is 310 g/mol. The Kier molecular flexibility index (Phi) is 7.01. The molecule has 1 aliphatic heterocycles. The summed E-state index contributed by atoms with van der Waals surface area (Å²) in [5.41, 5.74) is 2.46. The molecule has 1 N–H and O–H groups in total. The zero-order valence-corrected chi connectivity index (χ0v) is 14.1. The standard InChI is InChI=1S/C18H28ClNO/c1-3-11-20-18(8-4-6-16-7-5-12-21-16)15-10-9-14(2)17(19)13-15/h9-10,13,16,18,20H,3-8,11-12H2,1-2H3. The van der Waals surface area contributed by atoms with Crippen molar-refractivity contribution in [3.8, 4) is 0 Å². The highest BCUT2D eigenvalue weighted by Crippen LogP contribution is 2.26. The van der Waals surface area contributed by atoms with Gasteiger partial charge in [0.25, 0.3) is 0 Å². The molecule has 3 heteroatoms. The third kappa shape index (κ3) is 5.28. The molecule has 0 aromatic heterocycles. The molecular weight excluding hydrogens is 282 g/mol. The van der Waals surface area contributed by atoms with Crippen molar-refractivity contribution < 1.29 is 4.74 Å².